The highest BCUT2D eigenvalue weighted by Crippen LogP contribution is 2.31. The van der Waals surface area contributed by atoms with Crippen molar-refractivity contribution in [2.24, 2.45) is 0 Å². The molecule has 1 heterocycles. The standard InChI is InChI=1S/C15H19Br2N3/c1-4-7-20-15(13(17)9-19-20)14(18-3)12-8-11(16)6-5-10(12)2/h5-6,8-9,14,18H,4,7H2,1-3H3. The topological polar surface area (TPSA) is 29.9 Å². The molecule has 0 saturated carbocycles. The van der Waals surface area contributed by atoms with Crippen LogP contribution in [-0.2, 0) is 6.54 Å². The Hall–Kier alpha value is -0.650. The van der Waals surface area contributed by atoms with E-state index in [4.69, 9.17) is 0 Å². The Bertz CT molecular complexity index is 593. The smallest absolute Gasteiger partial charge is 0.0760 e. The molecule has 0 saturated heterocycles. The molecule has 20 heavy (non-hydrogen) atoms. The third-order valence-corrected chi connectivity index (χ3v) is 4.49. The molecule has 5 heteroatoms. The first-order valence-corrected chi connectivity index (χ1v) is 8.31. The fourth-order valence-corrected chi connectivity index (χ4v) is 3.31. The lowest BCUT2D eigenvalue weighted by molar-refractivity contribution is 0.532. The summed E-state index contributed by atoms with van der Waals surface area (Å²) in [5, 5.41) is 7.89. The van der Waals surface area contributed by atoms with Gasteiger partial charge in [0.1, 0.15) is 0 Å². The minimum Gasteiger partial charge on any atom is -0.308 e. The second-order valence-corrected chi connectivity index (χ2v) is 6.59. The van der Waals surface area contributed by atoms with E-state index in [1.54, 1.807) is 0 Å². The van der Waals surface area contributed by atoms with Crippen molar-refractivity contribution in [3.05, 3.63) is 50.2 Å². The van der Waals surface area contributed by atoms with Gasteiger partial charge in [-0.15, -0.1) is 0 Å². The van der Waals surface area contributed by atoms with E-state index >= 15 is 0 Å². The average Bonchev–Trinajstić information content (AvgIpc) is 2.77. The molecule has 2 aromatic rings. The number of nitrogens with zero attached hydrogens (tertiary/aromatic N) is 2. The molecule has 1 unspecified atom stereocenters. The lowest BCUT2D eigenvalue weighted by Crippen LogP contribution is -2.23. The molecule has 0 aliphatic heterocycles. The predicted molar refractivity (Wildman–Crippen MR) is 90.0 cm³/mol. The molecule has 1 N–H and O–H groups in total. The molecule has 3 nitrogen and oxygen atoms in total. The molecule has 108 valence electrons. The number of aromatic nitrogens is 2. The van der Waals surface area contributed by atoms with Crippen LogP contribution in [0.1, 0.15) is 36.2 Å². The third kappa shape index (κ3) is 3.15. The zero-order chi connectivity index (χ0) is 14.7. The first-order chi connectivity index (χ1) is 9.58. The highest BCUT2D eigenvalue weighted by molar-refractivity contribution is 9.10. The van der Waals surface area contributed by atoms with Gasteiger partial charge in [-0.05, 0) is 59.6 Å². The highest BCUT2D eigenvalue weighted by atomic mass is 79.9. The molecular formula is C15H19Br2N3. The van der Waals surface area contributed by atoms with E-state index in [1.165, 1.54) is 16.8 Å². The average molecular weight is 401 g/mol. The Morgan fingerprint density at radius 1 is 1.35 bits per heavy atom. The Balaban J connectivity index is 2.52. The quantitative estimate of drug-likeness (QED) is 0.804. The number of hydrogen-bond donors (Lipinski definition) is 1. The van der Waals surface area contributed by atoms with Crippen molar-refractivity contribution in [3.63, 3.8) is 0 Å². The van der Waals surface area contributed by atoms with Crippen LogP contribution in [0.4, 0.5) is 0 Å². The molecule has 0 fully saturated rings. The SMILES string of the molecule is CCCn1ncc(Br)c1C(NC)c1cc(Br)ccc1C. The molecule has 0 aliphatic carbocycles. The van der Waals surface area contributed by atoms with E-state index in [0.29, 0.717) is 0 Å². The molecule has 0 spiro atoms. The molecule has 2 rings (SSSR count). The minimum absolute atomic E-state index is 0.121. The second-order valence-electron chi connectivity index (χ2n) is 4.82. The molecule has 1 aromatic carbocycles. The monoisotopic (exact) mass is 399 g/mol. The van der Waals surface area contributed by atoms with E-state index in [0.717, 1.165) is 21.9 Å². The first kappa shape index (κ1) is 15.7. The number of nitrogens with one attached hydrogen (secondary N) is 1. The van der Waals surface area contributed by atoms with Crippen LogP contribution in [0.15, 0.2) is 33.3 Å². The Kier molecular flexibility index (Phi) is 5.41. The van der Waals surface area contributed by atoms with Crippen LogP contribution < -0.4 is 5.32 Å². The number of hydrogen-bond acceptors (Lipinski definition) is 2. The van der Waals surface area contributed by atoms with Gasteiger partial charge in [-0.2, -0.15) is 5.10 Å². The van der Waals surface area contributed by atoms with Gasteiger partial charge in [0.05, 0.1) is 22.4 Å². The predicted octanol–water partition coefficient (Wildman–Crippen LogP) is 4.44. The van der Waals surface area contributed by atoms with Crippen LogP contribution in [0.2, 0.25) is 0 Å². The van der Waals surface area contributed by atoms with Gasteiger partial charge in [0.25, 0.3) is 0 Å². The van der Waals surface area contributed by atoms with Gasteiger partial charge in [-0.1, -0.05) is 28.9 Å². The molecule has 0 radical (unpaired) electrons. The number of aryl methyl sites for hydroxylation is 2. The summed E-state index contributed by atoms with van der Waals surface area (Å²) >= 11 is 7.20. The Morgan fingerprint density at radius 3 is 2.75 bits per heavy atom. The van der Waals surface area contributed by atoms with Gasteiger partial charge in [-0.25, -0.2) is 0 Å². The van der Waals surface area contributed by atoms with Gasteiger partial charge in [0.15, 0.2) is 0 Å². The summed E-state index contributed by atoms with van der Waals surface area (Å²) in [7, 11) is 1.99. The van der Waals surface area contributed by atoms with Crippen LogP contribution in [0.3, 0.4) is 0 Å². The lowest BCUT2D eigenvalue weighted by Gasteiger charge is -2.21. The fourth-order valence-electron chi connectivity index (χ4n) is 2.41. The van der Waals surface area contributed by atoms with E-state index in [1.807, 2.05) is 13.2 Å². The van der Waals surface area contributed by atoms with Crippen molar-refractivity contribution in [2.45, 2.75) is 32.9 Å². The summed E-state index contributed by atoms with van der Waals surface area (Å²) in [5.41, 5.74) is 3.71. The Morgan fingerprint density at radius 2 is 2.10 bits per heavy atom. The van der Waals surface area contributed by atoms with Crippen molar-refractivity contribution < 1.29 is 0 Å². The number of halogens is 2. The molecule has 0 amide bonds. The van der Waals surface area contributed by atoms with Gasteiger partial charge in [-0.3, -0.25) is 4.68 Å². The maximum Gasteiger partial charge on any atom is 0.0760 e. The molecule has 1 atom stereocenters. The van der Waals surface area contributed by atoms with E-state index in [-0.39, 0.29) is 6.04 Å². The number of rotatable bonds is 5. The van der Waals surface area contributed by atoms with E-state index in [9.17, 15) is 0 Å². The van der Waals surface area contributed by atoms with Crippen LogP contribution in [0, 0.1) is 6.92 Å². The summed E-state index contributed by atoms with van der Waals surface area (Å²) in [6, 6.07) is 6.50. The first-order valence-electron chi connectivity index (χ1n) is 6.73. The van der Waals surface area contributed by atoms with Crippen molar-refractivity contribution in [1.82, 2.24) is 15.1 Å². The molecule has 1 aromatic heterocycles. The van der Waals surface area contributed by atoms with Gasteiger partial charge in [0.2, 0.25) is 0 Å². The van der Waals surface area contributed by atoms with Crippen LogP contribution in [0.25, 0.3) is 0 Å². The maximum absolute atomic E-state index is 4.47. The van der Waals surface area contributed by atoms with Crippen molar-refractivity contribution in [1.29, 1.82) is 0 Å². The molecule has 0 aliphatic rings. The van der Waals surface area contributed by atoms with Crippen LogP contribution in [-0.4, -0.2) is 16.8 Å². The zero-order valence-corrected chi connectivity index (χ0v) is 15.1. The van der Waals surface area contributed by atoms with Gasteiger partial charge >= 0.3 is 0 Å². The van der Waals surface area contributed by atoms with Crippen LogP contribution >= 0.6 is 31.9 Å². The number of benzene rings is 1. The van der Waals surface area contributed by atoms with Crippen molar-refractivity contribution in [2.75, 3.05) is 7.05 Å². The highest BCUT2D eigenvalue weighted by Gasteiger charge is 2.21. The van der Waals surface area contributed by atoms with Gasteiger partial charge < -0.3 is 5.32 Å². The minimum atomic E-state index is 0.121. The van der Waals surface area contributed by atoms with Gasteiger partial charge in [0, 0.05) is 11.0 Å². The zero-order valence-electron chi connectivity index (χ0n) is 12.0. The van der Waals surface area contributed by atoms with E-state index in [2.05, 4.69) is 79.0 Å². The summed E-state index contributed by atoms with van der Waals surface area (Å²) in [4.78, 5) is 0. The Labute approximate surface area is 137 Å². The summed E-state index contributed by atoms with van der Waals surface area (Å²) in [5.74, 6) is 0. The van der Waals surface area contributed by atoms with Crippen molar-refractivity contribution >= 4 is 31.9 Å². The van der Waals surface area contributed by atoms with E-state index < -0.39 is 0 Å². The van der Waals surface area contributed by atoms with Crippen LogP contribution in [0.5, 0.6) is 0 Å². The fraction of sp³-hybridized carbons (Fsp3) is 0.400. The normalized spacial score (nSPS) is 12.7. The van der Waals surface area contributed by atoms with Crippen molar-refractivity contribution in [3.8, 4) is 0 Å². The third-order valence-electron chi connectivity index (χ3n) is 3.38. The maximum atomic E-state index is 4.47. The summed E-state index contributed by atoms with van der Waals surface area (Å²) in [6.45, 7) is 5.23. The largest absolute Gasteiger partial charge is 0.308 e. The molecular weight excluding hydrogens is 382 g/mol. The molecule has 0 bridgehead atoms. The second kappa shape index (κ2) is 6.87. The summed E-state index contributed by atoms with van der Waals surface area (Å²) in [6.07, 6.45) is 2.94. The lowest BCUT2D eigenvalue weighted by atomic mass is 9.99. The summed E-state index contributed by atoms with van der Waals surface area (Å²) < 4.78 is 4.21.